The minimum atomic E-state index is -0.786. The molecule has 2 aromatic rings. The summed E-state index contributed by atoms with van der Waals surface area (Å²) in [4.78, 5) is 19.6. The Morgan fingerprint density at radius 2 is 1.67 bits per heavy atom. The summed E-state index contributed by atoms with van der Waals surface area (Å²) in [5.41, 5.74) is 1.91. The molecule has 1 aromatic carbocycles. The third-order valence-electron chi connectivity index (χ3n) is 4.61. The Hall–Kier alpha value is -2.43. The topological polar surface area (TPSA) is 72.3 Å². The number of rotatable bonds is 12. The number of ether oxygens (including phenoxy) is 1. The average Bonchev–Trinajstić information content (AvgIpc) is 2.67. The Bertz CT molecular complexity index is 684. The third kappa shape index (κ3) is 7.37. The van der Waals surface area contributed by atoms with Crippen LogP contribution in [0.15, 0.2) is 36.7 Å². The largest absolute Gasteiger partial charge is 0.490 e. The van der Waals surface area contributed by atoms with E-state index in [1.165, 1.54) is 32.1 Å². The van der Waals surface area contributed by atoms with E-state index in [4.69, 9.17) is 9.84 Å². The van der Waals surface area contributed by atoms with Gasteiger partial charge in [-0.2, -0.15) is 0 Å². The molecule has 0 aliphatic rings. The van der Waals surface area contributed by atoms with Crippen molar-refractivity contribution in [2.75, 3.05) is 6.61 Å². The van der Waals surface area contributed by atoms with Crippen LogP contribution in [0.2, 0.25) is 0 Å². The van der Waals surface area contributed by atoms with Crippen molar-refractivity contribution in [3.63, 3.8) is 0 Å². The first-order valence-corrected chi connectivity index (χ1v) is 9.87. The molecule has 0 saturated heterocycles. The van der Waals surface area contributed by atoms with Gasteiger partial charge in [0.05, 0.1) is 25.4 Å². The predicted octanol–water partition coefficient (Wildman–Crippen LogP) is 5.46. The molecule has 5 nitrogen and oxygen atoms in total. The van der Waals surface area contributed by atoms with E-state index in [1.807, 2.05) is 31.2 Å². The van der Waals surface area contributed by atoms with Gasteiger partial charge in [0, 0.05) is 5.56 Å². The number of unbranched alkanes of at least 4 members (excludes halogenated alkanes) is 5. The van der Waals surface area contributed by atoms with E-state index >= 15 is 0 Å². The van der Waals surface area contributed by atoms with Crippen molar-refractivity contribution >= 4 is 5.97 Å². The molecular weight excluding hydrogens is 340 g/mol. The first-order chi connectivity index (χ1) is 13.1. The van der Waals surface area contributed by atoms with Gasteiger partial charge in [0.2, 0.25) is 0 Å². The highest BCUT2D eigenvalue weighted by Crippen LogP contribution is 2.23. The lowest BCUT2D eigenvalue weighted by Crippen LogP contribution is -2.02. The van der Waals surface area contributed by atoms with E-state index in [0.717, 1.165) is 17.5 Å². The molecule has 1 N–H and O–H groups in total. The monoisotopic (exact) mass is 370 g/mol. The molecule has 0 bridgehead atoms. The van der Waals surface area contributed by atoms with Crippen molar-refractivity contribution in [1.29, 1.82) is 0 Å². The Morgan fingerprint density at radius 3 is 2.30 bits per heavy atom. The Morgan fingerprint density at radius 1 is 1.04 bits per heavy atom. The molecule has 1 atom stereocenters. The second-order valence-corrected chi connectivity index (χ2v) is 6.98. The van der Waals surface area contributed by atoms with E-state index in [-0.39, 0.29) is 12.3 Å². The van der Waals surface area contributed by atoms with Crippen LogP contribution in [0.1, 0.15) is 70.3 Å². The fourth-order valence-corrected chi connectivity index (χ4v) is 2.95. The number of aliphatic carboxylic acids is 1. The highest BCUT2D eigenvalue weighted by Gasteiger charge is 2.10. The zero-order valence-electron chi connectivity index (χ0n) is 16.4. The first-order valence-electron chi connectivity index (χ1n) is 9.87. The minimum absolute atomic E-state index is 0.0183. The Kier molecular flexibility index (Phi) is 8.75. The minimum Gasteiger partial charge on any atom is -0.490 e. The zero-order valence-corrected chi connectivity index (χ0v) is 16.4. The first kappa shape index (κ1) is 20.9. The molecule has 5 heteroatoms. The lowest BCUT2D eigenvalue weighted by Gasteiger charge is -2.10. The van der Waals surface area contributed by atoms with Crippen LogP contribution in [0.4, 0.5) is 0 Å². The van der Waals surface area contributed by atoms with Crippen molar-refractivity contribution in [2.24, 2.45) is 0 Å². The van der Waals surface area contributed by atoms with Gasteiger partial charge in [0.25, 0.3) is 0 Å². The molecule has 0 radical (unpaired) electrons. The van der Waals surface area contributed by atoms with Crippen molar-refractivity contribution in [3.05, 3.63) is 42.2 Å². The van der Waals surface area contributed by atoms with Gasteiger partial charge < -0.3 is 9.84 Å². The normalized spacial score (nSPS) is 11.9. The predicted molar refractivity (Wildman–Crippen MR) is 107 cm³/mol. The van der Waals surface area contributed by atoms with Crippen LogP contribution in [0.25, 0.3) is 11.4 Å². The summed E-state index contributed by atoms with van der Waals surface area (Å²) in [6, 6.07) is 7.74. The summed E-state index contributed by atoms with van der Waals surface area (Å²) < 4.78 is 5.71. The van der Waals surface area contributed by atoms with Gasteiger partial charge in [0.15, 0.2) is 11.6 Å². The van der Waals surface area contributed by atoms with Crippen molar-refractivity contribution < 1.29 is 14.6 Å². The summed E-state index contributed by atoms with van der Waals surface area (Å²) in [5, 5.41) is 8.90. The van der Waals surface area contributed by atoms with Gasteiger partial charge in [-0.05, 0) is 17.9 Å². The van der Waals surface area contributed by atoms with Crippen LogP contribution in [0.5, 0.6) is 5.75 Å². The second-order valence-electron chi connectivity index (χ2n) is 6.98. The molecule has 1 aromatic heterocycles. The maximum atomic E-state index is 10.8. The molecule has 27 heavy (non-hydrogen) atoms. The van der Waals surface area contributed by atoms with Gasteiger partial charge in [0.1, 0.15) is 0 Å². The number of aromatic nitrogens is 2. The van der Waals surface area contributed by atoms with Crippen molar-refractivity contribution in [1.82, 2.24) is 9.97 Å². The van der Waals surface area contributed by atoms with E-state index in [9.17, 15) is 4.79 Å². The Labute approximate surface area is 161 Å². The lowest BCUT2D eigenvalue weighted by molar-refractivity contribution is -0.137. The molecule has 0 spiro atoms. The summed E-state index contributed by atoms with van der Waals surface area (Å²) in [5.74, 6) is 0.528. The van der Waals surface area contributed by atoms with E-state index in [2.05, 4.69) is 16.9 Å². The smallest absolute Gasteiger partial charge is 0.303 e. The van der Waals surface area contributed by atoms with E-state index in [1.54, 1.807) is 12.4 Å². The number of carbonyl (C=O) groups is 1. The fourth-order valence-electron chi connectivity index (χ4n) is 2.95. The van der Waals surface area contributed by atoms with E-state index < -0.39 is 5.97 Å². The third-order valence-corrected chi connectivity index (χ3v) is 4.61. The summed E-state index contributed by atoms with van der Waals surface area (Å²) in [6.45, 7) is 4.84. The van der Waals surface area contributed by atoms with Crippen LogP contribution in [-0.4, -0.2) is 27.7 Å². The van der Waals surface area contributed by atoms with Crippen LogP contribution in [0.3, 0.4) is 0 Å². The van der Waals surface area contributed by atoms with Crippen molar-refractivity contribution in [2.45, 2.75) is 64.7 Å². The highest BCUT2D eigenvalue weighted by molar-refractivity contribution is 5.68. The number of carboxylic acid groups (broad SMARTS) is 1. The molecule has 2 rings (SSSR count). The van der Waals surface area contributed by atoms with Crippen LogP contribution < -0.4 is 4.74 Å². The molecule has 1 heterocycles. The Balaban J connectivity index is 1.81. The SMILES string of the molecule is CCCCCCCCOc1cnc(-c2ccc(C(C)CC(=O)O)cc2)nc1. The maximum Gasteiger partial charge on any atom is 0.303 e. The molecule has 0 saturated carbocycles. The maximum absolute atomic E-state index is 10.8. The number of nitrogens with zero attached hydrogens (tertiary/aromatic N) is 2. The van der Waals surface area contributed by atoms with Gasteiger partial charge >= 0.3 is 5.97 Å². The van der Waals surface area contributed by atoms with Gasteiger partial charge in [-0.25, -0.2) is 9.97 Å². The zero-order chi connectivity index (χ0) is 19.5. The van der Waals surface area contributed by atoms with E-state index in [0.29, 0.717) is 18.2 Å². The number of hydrogen-bond acceptors (Lipinski definition) is 4. The standard InChI is InChI=1S/C22H30N2O3/c1-3-4-5-6-7-8-13-27-20-15-23-22(24-16-20)19-11-9-18(10-12-19)17(2)14-21(25)26/h9-12,15-17H,3-8,13-14H2,1-2H3,(H,25,26). The summed E-state index contributed by atoms with van der Waals surface area (Å²) >= 11 is 0. The van der Waals surface area contributed by atoms with Gasteiger partial charge in [-0.15, -0.1) is 0 Å². The molecule has 1 unspecified atom stereocenters. The molecular formula is C22H30N2O3. The number of hydrogen-bond donors (Lipinski definition) is 1. The van der Waals surface area contributed by atoms with Crippen LogP contribution in [-0.2, 0) is 4.79 Å². The van der Waals surface area contributed by atoms with Crippen LogP contribution in [0, 0.1) is 0 Å². The van der Waals surface area contributed by atoms with Gasteiger partial charge in [-0.3, -0.25) is 4.79 Å². The quantitative estimate of drug-likeness (QED) is 0.502. The second kappa shape index (κ2) is 11.3. The number of carboxylic acids is 1. The highest BCUT2D eigenvalue weighted by atomic mass is 16.5. The molecule has 0 fully saturated rings. The molecule has 0 aliphatic carbocycles. The fraction of sp³-hybridized carbons (Fsp3) is 0.500. The lowest BCUT2D eigenvalue weighted by atomic mass is 9.97. The summed E-state index contributed by atoms with van der Waals surface area (Å²) in [6.07, 6.45) is 11.0. The van der Waals surface area contributed by atoms with Gasteiger partial charge in [-0.1, -0.05) is 70.2 Å². The molecule has 0 amide bonds. The average molecular weight is 370 g/mol. The van der Waals surface area contributed by atoms with Crippen molar-refractivity contribution in [3.8, 4) is 17.1 Å². The molecule has 0 aliphatic heterocycles. The van der Waals surface area contributed by atoms with Crippen LogP contribution >= 0.6 is 0 Å². The molecule has 146 valence electrons. The number of benzene rings is 1. The summed E-state index contributed by atoms with van der Waals surface area (Å²) in [7, 11) is 0.